The maximum Gasteiger partial charge on any atom is 0.408 e. The first kappa shape index (κ1) is 26.1. The van der Waals surface area contributed by atoms with Gasteiger partial charge in [-0.15, -0.1) is 12.8 Å². The Morgan fingerprint density at radius 2 is 1.58 bits per heavy atom. The van der Waals surface area contributed by atoms with E-state index in [0.29, 0.717) is 6.29 Å². The summed E-state index contributed by atoms with van der Waals surface area (Å²) in [5, 5.41) is 9.26. The van der Waals surface area contributed by atoms with E-state index in [1.807, 2.05) is 0 Å². The molecule has 0 aliphatic rings. The Labute approximate surface area is 117 Å². The number of alkyl carbamates (subject to hydrolysis) is 1. The predicted octanol–water partition coefficient (Wildman–Crippen LogP) is 2.23. The Bertz CT molecular complexity index is 214. The van der Waals surface area contributed by atoms with E-state index in [9.17, 15) is 9.59 Å². The number of rotatable bonds is 2. The number of aldehydes is 1. The third-order valence-corrected chi connectivity index (χ3v) is 0.729. The maximum atomic E-state index is 10.7. The van der Waals surface area contributed by atoms with Crippen molar-refractivity contribution in [2.45, 2.75) is 47.1 Å². The molecule has 0 aliphatic carbocycles. The van der Waals surface area contributed by atoms with Gasteiger partial charge in [0.05, 0.1) is 6.54 Å². The summed E-state index contributed by atoms with van der Waals surface area (Å²) in [5.74, 6) is 0.833. The van der Waals surface area contributed by atoms with Gasteiger partial charge in [0.15, 0.2) is 0 Å². The van der Waals surface area contributed by atoms with Crippen molar-refractivity contribution in [3.8, 4) is 12.8 Å². The molecule has 19 heavy (non-hydrogen) atoms. The Kier molecular flexibility index (Phi) is 25.9. The van der Waals surface area contributed by atoms with Gasteiger partial charge in [-0.25, -0.2) is 4.79 Å². The molecule has 0 saturated heterocycles. The Hall–Kier alpha value is -1.54. The number of amides is 1. The number of hydrogen-bond acceptors (Lipinski definition) is 4. The lowest BCUT2D eigenvalue weighted by atomic mass is 10.2. The first-order valence-electron chi connectivity index (χ1n) is 5.87. The lowest BCUT2D eigenvalue weighted by Gasteiger charge is -2.18. The fourth-order valence-corrected chi connectivity index (χ4v) is 0.439. The zero-order valence-electron chi connectivity index (χ0n) is 13.2. The van der Waals surface area contributed by atoms with Gasteiger partial charge in [-0.1, -0.05) is 20.8 Å². The van der Waals surface area contributed by atoms with E-state index in [1.165, 1.54) is 0 Å². The van der Waals surface area contributed by atoms with Crippen molar-refractivity contribution in [1.82, 2.24) is 5.32 Å². The van der Waals surface area contributed by atoms with Gasteiger partial charge in [0.25, 0.3) is 0 Å². The van der Waals surface area contributed by atoms with Crippen LogP contribution >= 0.6 is 0 Å². The van der Waals surface area contributed by atoms with Crippen LogP contribution in [-0.2, 0) is 9.53 Å². The smallest absolute Gasteiger partial charge is 0.408 e. The third-order valence-electron chi connectivity index (χ3n) is 0.729. The summed E-state index contributed by atoms with van der Waals surface area (Å²) in [6, 6.07) is 0. The fraction of sp³-hybridized carbons (Fsp3) is 0.714. The summed E-state index contributed by atoms with van der Waals surface area (Å²) < 4.78 is 4.83. The van der Waals surface area contributed by atoms with Gasteiger partial charge in [0, 0.05) is 7.11 Å². The molecule has 0 atom stereocenters. The molecule has 5 heteroatoms. The maximum absolute atomic E-state index is 10.7. The molecule has 114 valence electrons. The molecule has 0 fully saturated rings. The van der Waals surface area contributed by atoms with Crippen LogP contribution in [0.15, 0.2) is 0 Å². The molecule has 0 bridgehead atoms. The van der Waals surface area contributed by atoms with Crippen LogP contribution in [0.2, 0.25) is 0 Å². The van der Waals surface area contributed by atoms with Crippen LogP contribution in [-0.4, -0.2) is 36.7 Å². The number of carbonyl (C=O) groups is 2. The topological polar surface area (TPSA) is 75.6 Å². The summed E-state index contributed by atoms with van der Waals surface area (Å²) in [4.78, 5) is 20.5. The van der Waals surface area contributed by atoms with E-state index in [-0.39, 0.29) is 6.54 Å². The molecular weight excluding hydrogens is 246 g/mol. The van der Waals surface area contributed by atoms with Crippen molar-refractivity contribution >= 4 is 12.4 Å². The highest BCUT2D eigenvalue weighted by Gasteiger charge is 2.14. The molecule has 0 aliphatic heterocycles. The molecule has 0 unspecified atom stereocenters. The van der Waals surface area contributed by atoms with Crippen LogP contribution in [0, 0.1) is 18.8 Å². The summed E-state index contributed by atoms with van der Waals surface area (Å²) >= 11 is 0. The van der Waals surface area contributed by atoms with Gasteiger partial charge in [-0.05, 0) is 26.7 Å². The molecule has 5 nitrogen and oxygen atoms in total. The van der Waals surface area contributed by atoms with Gasteiger partial charge in [-0.2, -0.15) is 0 Å². The van der Waals surface area contributed by atoms with Crippen molar-refractivity contribution in [2.75, 3.05) is 13.7 Å². The quantitative estimate of drug-likeness (QED) is 0.598. The zero-order chi connectivity index (χ0) is 16.5. The lowest BCUT2D eigenvalue weighted by Crippen LogP contribution is -2.33. The van der Waals surface area contributed by atoms with Crippen LogP contribution in [0.3, 0.4) is 0 Å². The van der Waals surface area contributed by atoms with Crippen molar-refractivity contribution < 1.29 is 19.4 Å². The van der Waals surface area contributed by atoms with Gasteiger partial charge >= 0.3 is 6.09 Å². The van der Waals surface area contributed by atoms with E-state index in [4.69, 9.17) is 9.84 Å². The second-order valence-electron chi connectivity index (χ2n) is 4.78. The van der Waals surface area contributed by atoms with E-state index < -0.39 is 11.7 Å². The average Bonchev–Trinajstić information content (AvgIpc) is 2.29. The number of terminal acetylenes is 1. The molecule has 0 heterocycles. The largest absolute Gasteiger partial charge is 0.444 e. The first-order chi connectivity index (χ1) is 8.69. The minimum absolute atomic E-state index is 0.00505. The van der Waals surface area contributed by atoms with Crippen LogP contribution in [0.25, 0.3) is 0 Å². The Balaban J connectivity index is -0.000000118. The number of aliphatic hydroxyl groups is 1. The predicted molar refractivity (Wildman–Crippen MR) is 78.8 cm³/mol. The molecule has 0 saturated carbocycles. The summed E-state index contributed by atoms with van der Waals surface area (Å²) in [6.07, 6.45) is 8.04. The monoisotopic (exact) mass is 275 g/mol. The molecule has 1 amide bonds. The van der Waals surface area contributed by atoms with Crippen molar-refractivity contribution in [3.63, 3.8) is 0 Å². The van der Waals surface area contributed by atoms with Gasteiger partial charge in [0.1, 0.15) is 11.9 Å². The van der Waals surface area contributed by atoms with Crippen molar-refractivity contribution in [2.24, 2.45) is 5.92 Å². The average molecular weight is 275 g/mol. The van der Waals surface area contributed by atoms with E-state index >= 15 is 0 Å². The first-order valence-corrected chi connectivity index (χ1v) is 5.87. The molecule has 0 rings (SSSR count). The lowest BCUT2D eigenvalue weighted by molar-refractivity contribution is -0.107. The SMILES string of the molecule is C#C.CC(C)(C)OC(=O)NCC=O.CC(C)C.CO. The number of ether oxygens (including phenoxy) is 1. The number of nitrogens with one attached hydrogen (secondary N) is 1. The van der Waals surface area contributed by atoms with Crippen LogP contribution in [0.1, 0.15) is 41.5 Å². The second-order valence-corrected chi connectivity index (χ2v) is 4.78. The van der Waals surface area contributed by atoms with E-state index in [0.717, 1.165) is 13.0 Å². The zero-order valence-corrected chi connectivity index (χ0v) is 13.2. The van der Waals surface area contributed by atoms with E-state index in [1.54, 1.807) is 20.8 Å². The molecule has 0 radical (unpaired) electrons. The molecule has 0 aromatic rings. The van der Waals surface area contributed by atoms with Gasteiger partial charge in [-0.3, -0.25) is 0 Å². The molecular formula is C14H29NO4. The summed E-state index contributed by atoms with van der Waals surface area (Å²) in [5.41, 5.74) is -0.507. The standard InChI is InChI=1S/C7H13NO3.C4H10.C2H2.CH4O/c1-7(2,3)11-6(10)8-4-5-9;1-4(2)3;2*1-2/h5H,4H2,1-3H3,(H,8,10);4H,1-3H3;1-2H;2H,1H3. The van der Waals surface area contributed by atoms with Crippen molar-refractivity contribution in [3.05, 3.63) is 0 Å². The summed E-state index contributed by atoms with van der Waals surface area (Å²) in [6.45, 7) is 11.8. The number of aliphatic hydroxyl groups excluding tert-OH is 1. The molecule has 0 aromatic carbocycles. The normalized spacial score (nSPS) is 8.37. The van der Waals surface area contributed by atoms with Gasteiger partial charge in [0.2, 0.25) is 0 Å². The molecule has 0 spiro atoms. The third kappa shape index (κ3) is 61.8. The Morgan fingerprint density at radius 1 is 1.26 bits per heavy atom. The van der Waals surface area contributed by atoms with Crippen LogP contribution in [0.4, 0.5) is 4.79 Å². The second kappa shape index (κ2) is 18.8. The minimum Gasteiger partial charge on any atom is -0.444 e. The van der Waals surface area contributed by atoms with Crippen LogP contribution < -0.4 is 5.32 Å². The number of carbonyl (C=O) groups excluding carboxylic acids is 2. The Morgan fingerprint density at radius 3 is 1.79 bits per heavy atom. The van der Waals surface area contributed by atoms with Crippen LogP contribution in [0.5, 0.6) is 0 Å². The highest BCUT2D eigenvalue weighted by molar-refractivity contribution is 5.71. The van der Waals surface area contributed by atoms with Crippen molar-refractivity contribution in [1.29, 1.82) is 0 Å². The fourth-order valence-electron chi connectivity index (χ4n) is 0.439. The number of hydrogen-bond donors (Lipinski definition) is 2. The molecule has 2 N–H and O–H groups in total. The molecule has 0 aromatic heterocycles. The summed E-state index contributed by atoms with van der Waals surface area (Å²) in [7, 11) is 1.00. The minimum atomic E-state index is -0.565. The highest BCUT2D eigenvalue weighted by Crippen LogP contribution is 2.05. The van der Waals surface area contributed by atoms with Gasteiger partial charge < -0.3 is 20.0 Å². The van der Waals surface area contributed by atoms with E-state index in [2.05, 4.69) is 38.9 Å². The highest BCUT2D eigenvalue weighted by atomic mass is 16.6.